The number of nitrogen functional groups attached to an aromatic ring is 1. The molecular weight excluding hydrogens is 210 g/mol. The molecule has 3 heteroatoms. The van der Waals surface area contributed by atoms with Gasteiger partial charge in [-0.25, -0.2) is 4.98 Å². The first-order chi connectivity index (χ1) is 8.31. The van der Waals surface area contributed by atoms with Gasteiger partial charge in [0.25, 0.3) is 0 Å². The summed E-state index contributed by atoms with van der Waals surface area (Å²) in [4.78, 5) is 4.29. The normalized spacial score (nSPS) is 17.8. The van der Waals surface area contributed by atoms with Crippen LogP contribution in [-0.2, 0) is 12.8 Å². The number of nitrogens with two attached hydrogens (primary N) is 1. The van der Waals surface area contributed by atoms with E-state index >= 15 is 0 Å². The van der Waals surface area contributed by atoms with Crippen LogP contribution in [0.1, 0.15) is 11.1 Å². The van der Waals surface area contributed by atoms with Gasteiger partial charge in [-0.2, -0.15) is 0 Å². The molecule has 1 aromatic carbocycles. The SMILES string of the molecule is Nc1ccc2c(c1)CC(Nc1ccccn1)C2. The smallest absolute Gasteiger partial charge is 0.126 e. The summed E-state index contributed by atoms with van der Waals surface area (Å²) in [5.41, 5.74) is 9.40. The van der Waals surface area contributed by atoms with Crippen LogP contribution in [0.2, 0.25) is 0 Å². The minimum atomic E-state index is 0.432. The van der Waals surface area contributed by atoms with Crippen molar-refractivity contribution in [2.24, 2.45) is 0 Å². The molecule has 0 amide bonds. The Morgan fingerprint density at radius 2 is 2.00 bits per heavy atom. The van der Waals surface area contributed by atoms with Gasteiger partial charge in [-0.05, 0) is 48.2 Å². The van der Waals surface area contributed by atoms with Gasteiger partial charge in [-0.15, -0.1) is 0 Å². The van der Waals surface area contributed by atoms with Crippen LogP contribution in [0.5, 0.6) is 0 Å². The Labute approximate surface area is 101 Å². The quantitative estimate of drug-likeness (QED) is 0.771. The molecule has 1 aliphatic rings. The fourth-order valence-electron chi connectivity index (χ4n) is 2.40. The molecule has 1 unspecified atom stereocenters. The van der Waals surface area contributed by atoms with E-state index in [1.807, 2.05) is 30.5 Å². The van der Waals surface area contributed by atoms with Crippen molar-refractivity contribution in [3.8, 4) is 0 Å². The van der Waals surface area contributed by atoms with E-state index in [1.165, 1.54) is 11.1 Å². The van der Waals surface area contributed by atoms with Crippen LogP contribution >= 0.6 is 0 Å². The standard InChI is InChI=1S/C14H15N3/c15-12-5-4-10-8-13(9-11(10)7-12)17-14-3-1-2-6-16-14/h1-7,13H,8-9,15H2,(H,16,17). The molecule has 3 N–H and O–H groups in total. The third-order valence-corrected chi connectivity index (χ3v) is 3.18. The van der Waals surface area contributed by atoms with Gasteiger partial charge in [-0.3, -0.25) is 0 Å². The first kappa shape index (κ1) is 10.1. The van der Waals surface area contributed by atoms with Gasteiger partial charge < -0.3 is 11.1 Å². The maximum absolute atomic E-state index is 5.80. The zero-order valence-corrected chi connectivity index (χ0v) is 9.56. The molecule has 0 saturated heterocycles. The molecule has 2 aromatic rings. The molecule has 0 spiro atoms. The molecule has 0 fully saturated rings. The highest BCUT2D eigenvalue weighted by atomic mass is 15.0. The average Bonchev–Trinajstić information content (AvgIpc) is 2.71. The topological polar surface area (TPSA) is 50.9 Å². The van der Waals surface area contributed by atoms with E-state index in [4.69, 9.17) is 5.73 Å². The maximum atomic E-state index is 5.80. The lowest BCUT2D eigenvalue weighted by molar-refractivity contribution is 0.769. The van der Waals surface area contributed by atoms with E-state index in [9.17, 15) is 0 Å². The van der Waals surface area contributed by atoms with E-state index in [-0.39, 0.29) is 0 Å². The summed E-state index contributed by atoms with van der Waals surface area (Å²) in [6.07, 6.45) is 3.88. The molecule has 1 atom stereocenters. The fourth-order valence-corrected chi connectivity index (χ4v) is 2.40. The highest BCUT2D eigenvalue weighted by Crippen LogP contribution is 2.25. The van der Waals surface area contributed by atoms with Gasteiger partial charge in [0.05, 0.1) is 0 Å². The van der Waals surface area contributed by atoms with E-state index < -0.39 is 0 Å². The zero-order valence-electron chi connectivity index (χ0n) is 9.56. The number of pyridine rings is 1. The Hall–Kier alpha value is -2.03. The summed E-state index contributed by atoms with van der Waals surface area (Å²) in [6, 6.07) is 12.5. The summed E-state index contributed by atoms with van der Waals surface area (Å²) in [5, 5.41) is 3.46. The largest absolute Gasteiger partial charge is 0.399 e. The molecule has 17 heavy (non-hydrogen) atoms. The second-order valence-electron chi connectivity index (χ2n) is 4.49. The van der Waals surface area contributed by atoms with Crippen LogP contribution < -0.4 is 11.1 Å². The van der Waals surface area contributed by atoms with Crippen molar-refractivity contribution < 1.29 is 0 Å². The van der Waals surface area contributed by atoms with Crippen molar-refractivity contribution in [1.29, 1.82) is 0 Å². The van der Waals surface area contributed by atoms with Crippen LogP contribution in [0.4, 0.5) is 11.5 Å². The molecule has 0 bridgehead atoms. The molecule has 1 heterocycles. The summed E-state index contributed by atoms with van der Waals surface area (Å²) >= 11 is 0. The Balaban J connectivity index is 1.74. The number of hydrogen-bond acceptors (Lipinski definition) is 3. The number of anilines is 2. The third kappa shape index (κ3) is 2.09. The molecule has 86 valence electrons. The summed E-state index contributed by atoms with van der Waals surface area (Å²) < 4.78 is 0. The van der Waals surface area contributed by atoms with Crippen LogP contribution in [0, 0.1) is 0 Å². The second-order valence-corrected chi connectivity index (χ2v) is 4.49. The molecular formula is C14H15N3. The highest BCUT2D eigenvalue weighted by Gasteiger charge is 2.21. The van der Waals surface area contributed by atoms with Gasteiger partial charge in [-0.1, -0.05) is 12.1 Å². The zero-order chi connectivity index (χ0) is 11.7. The number of rotatable bonds is 2. The van der Waals surface area contributed by atoms with Gasteiger partial charge in [0.15, 0.2) is 0 Å². The minimum absolute atomic E-state index is 0.432. The number of nitrogens with zero attached hydrogens (tertiary/aromatic N) is 1. The van der Waals surface area contributed by atoms with E-state index in [2.05, 4.69) is 22.4 Å². The van der Waals surface area contributed by atoms with E-state index in [1.54, 1.807) is 0 Å². The lowest BCUT2D eigenvalue weighted by Gasteiger charge is -2.11. The second kappa shape index (κ2) is 4.09. The van der Waals surface area contributed by atoms with Crippen LogP contribution in [0.25, 0.3) is 0 Å². The van der Waals surface area contributed by atoms with Gasteiger partial charge in [0.2, 0.25) is 0 Å². The van der Waals surface area contributed by atoms with Crippen molar-refractivity contribution in [1.82, 2.24) is 4.98 Å². The predicted molar refractivity (Wildman–Crippen MR) is 69.9 cm³/mol. The third-order valence-electron chi connectivity index (χ3n) is 3.18. The average molecular weight is 225 g/mol. The lowest BCUT2D eigenvalue weighted by atomic mass is 10.1. The monoisotopic (exact) mass is 225 g/mol. The summed E-state index contributed by atoms with van der Waals surface area (Å²) in [7, 11) is 0. The lowest BCUT2D eigenvalue weighted by Crippen LogP contribution is -2.19. The molecule has 1 aromatic heterocycles. The van der Waals surface area contributed by atoms with Crippen LogP contribution in [-0.4, -0.2) is 11.0 Å². The fraction of sp³-hybridized carbons (Fsp3) is 0.214. The van der Waals surface area contributed by atoms with Crippen molar-refractivity contribution in [2.75, 3.05) is 11.1 Å². The van der Waals surface area contributed by atoms with Crippen LogP contribution in [0.3, 0.4) is 0 Å². The van der Waals surface area contributed by atoms with Crippen molar-refractivity contribution in [2.45, 2.75) is 18.9 Å². The van der Waals surface area contributed by atoms with Gasteiger partial charge >= 0.3 is 0 Å². The number of aromatic nitrogens is 1. The van der Waals surface area contributed by atoms with Crippen molar-refractivity contribution in [3.63, 3.8) is 0 Å². The van der Waals surface area contributed by atoms with E-state index in [0.717, 1.165) is 24.3 Å². The van der Waals surface area contributed by atoms with Crippen molar-refractivity contribution in [3.05, 3.63) is 53.7 Å². The molecule has 0 saturated carbocycles. The Morgan fingerprint density at radius 3 is 2.82 bits per heavy atom. The molecule has 3 nitrogen and oxygen atoms in total. The number of fused-ring (bicyclic) bond motifs is 1. The van der Waals surface area contributed by atoms with Crippen molar-refractivity contribution >= 4 is 11.5 Å². The van der Waals surface area contributed by atoms with Gasteiger partial charge in [0, 0.05) is 17.9 Å². The maximum Gasteiger partial charge on any atom is 0.126 e. The number of nitrogens with one attached hydrogen (secondary N) is 1. The summed E-state index contributed by atoms with van der Waals surface area (Å²) in [5.74, 6) is 0.943. The number of benzene rings is 1. The van der Waals surface area contributed by atoms with Gasteiger partial charge in [0.1, 0.15) is 5.82 Å². The minimum Gasteiger partial charge on any atom is -0.399 e. The Bertz CT molecular complexity index is 522. The predicted octanol–water partition coefficient (Wildman–Crippen LogP) is 2.24. The summed E-state index contributed by atoms with van der Waals surface area (Å²) in [6.45, 7) is 0. The molecule has 0 aliphatic heterocycles. The highest BCUT2D eigenvalue weighted by molar-refractivity contribution is 5.49. The molecule has 3 rings (SSSR count). The van der Waals surface area contributed by atoms with Crippen LogP contribution in [0.15, 0.2) is 42.6 Å². The molecule has 1 aliphatic carbocycles. The number of hydrogen-bond donors (Lipinski definition) is 2. The van der Waals surface area contributed by atoms with E-state index in [0.29, 0.717) is 6.04 Å². The Morgan fingerprint density at radius 1 is 1.12 bits per heavy atom. The first-order valence-corrected chi connectivity index (χ1v) is 5.86. The molecule has 0 radical (unpaired) electrons. The first-order valence-electron chi connectivity index (χ1n) is 5.86. The Kier molecular flexibility index (Phi) is 2.44.